The van der Waals surface area contributed by atoms with Gasteiger partial charge in [0.05, 0.1) is 5.71 Å². The number of aromatic nitrogens is 2. The quantitative estimate of drug-likeness (QED) is 0.558. The monoisotopic (exact) mass is 371 g/mol. The lowest BCUT2D eigenvalue weighted by atomic mass is 9.96. The van der Waals surface area contributed by atoms with Crippen molar-refractivity contribution < 1.29 is 0 Å². The van der Waals surface area contributed by atoms with Gasteiger partial charge < -0.3 is 0 Å². The number of allylic oxidation sites excluding steroid dienone is 6. The first-order chi connectivity index (χ1) is 12.6. The number of aryl methyl sites for hydroxylation is 1. The van der Waals surface area contributed by atoms with E-state index in [4.69, 9.17) is 11.6 Å². The Morgan fingerprint density at radius 3 is 2.35 bits per heavy atom. The molecule has 140 valence electrons. The molecule has 1 aliphatic carbocycles. The van der Waals surface area contributed by atoms with Crippen molar-refractivity contribution >= 4 is 22.9 Å². The van der Waals surface area contributed by atoms with Crippen molar-refractivity contribution in [2.45, 2.75) is 41.5 Å². The maximum Gasteiger partial charge on any atom is 0.0640 e. The third-order valence-corrected chi connectivity index (χ3v) is 3.42. The van der Waals surface area contributed by atoms with E-state index in [0.717, 1.165) is 28.1 Å². The van der Waals surface area contributed by atoms with Crippen LogP contribution in [-0.4, -0.2) is 22.7 Å². The molecule has 0 saturated carbocycles. The van der Waals surface area contributed by atoms with Gasteiger partial charge in [0.15, 0.2) is 0 Å². The summed E-state index contributed by atoms with van der Waals surface area (Å²) in [6.45, 7) is 11.9. The number of nitrogens with zero attached hydrogens (tertiary/aromatic N) is 3. The molecule has 0 saturated heterocycles. The molecule has 4 heteroatoms. The summed E-state index contributed by atoms with van der Waals surface area (Å²) in [4.78, 5) is 12.7. The van der Waals surface area contributed by atoms with Crippen LogP contribution < -0.4 is 0 Å². The fourth-order valence-corrected chi connectivity index (χ4v) is 2.38. The molecular weight excluding hydrogens is 342 g/mol. The standard InChI is InChI=1S/C18H18ClN3.2C2H6/c1-4-14-10-15(5-6-18(14)20-3)16-11-17(19)9-13(2)22-8-7-21-12-16;2*1-2/h4-12H,1-3H3;2*1-2H3/b8-7?,13-9?,14-4-,16-11?,16-12?,17-9?,17-11?,20-18?,21-7?,21-12?,22-8?,22-13?;;. The van der Waals surface area contributed by atoms with Crippen LogP contribution in [0.4, 0.5) is 0 Å². The number of aliphatic imine (C=N–C) groups is 1. The minimum absolute atomic E-state index is 0.615. The zero-order valence-electron chi connectivity index (χ0n) is 16.9. The molecule has 26 heavy (non-hydrogen) atoms. The van der Waals surface area contributed by atoms with Crippen molar-refractivity contribution in [1.82, 2.24) is 9.97 Å². The highest BCUT2D eigenvalue weighted by Crippen LogP contribution is 2.23. The van der Waals surface area contributed by atoms with Crippen LogP contribution in [0, 0.1) is 6.92 Å². The summed E-state index contributed by atoms with van der Waals surface area (Å²) in [7, 11) is 1.79. The molecule has 0 bridgehead atoms. The average molecular weight is 372 g/mol. The first-order valence-corrected chi connectivity index (χ1v) is 9.37. The number of rotatable bonds is 1. The summed E-state index contributed by atoms with van der Waals surface area (Å²) in [6, 6.07) is 3.72. The fraction of sp³-hybridized carbons (Fsp3) is 0.318. The lowest BCUT2D eigenvalue weighted by molar-refractivity contribution is 1.19. The molecule has 0 unspecified atom stereocenters. The largest absolute Gasteiger partial charge is 0.288 e. The van der Waals surface area contributed by atoms with Crippen LogP contribution in [0.3, 0.4) is 0 Å². The van der Waals surface area contributed by atoms with Crippen molar-refractivity contribution in [2.24, 2.45) is 4.99 Å². The van der Waals surface area contributed by atoms with Crippen LogP contribution in [-0.2, 0) is 0 Å². The first-order valence-electron chi connectivity index (χ1n) is 8.99. The third-order valence-electron chi connectivity index (χ3n) is 3.20. The second-order valence-electron chi connectivity index (χ2n) is 4.76. The molecule has 0 aromatic carbocycles. The zero-order chi connectivity index (χ0) is 19.9. The summed E-state index contributed by atoms with van der Waals surface area (Å²) < 4.78 is 0. The third kappa shape index (κ3) is 7.75. The van der Waals surface area contributed by atoms with Gasteiger partial charge in [-0.1, -0.05) is 51.4 Å². The fourth-order valence-electron chi connectivity index (χ4n) is 2.10. The molecule has 0 atom stereocenters. The van der Waals surface area contributed by atoms with Gasteiger partial charge >= 0.3 is 0 Å². The summed E-state index contributed by atoms with van der Waals surface area (Å²) in [5.74, 6) is 0. The molecule has 0 aliphatic heterocycles. The van der Waals surface area contributed by atoms with E-state index in [2.05, 4.69) is 21.0 Å². The summed E-state index contributed by atoms with van der Waals surface area (Å²) in [5.41, 5.74) is 4.86. The van der Waals surface area contributed by atoms with Crippen LogP contribution in [0.1, 0.15) is 45.9 Å². The zero-order valence-corrected chi connectivity index (χ0v) is 17.7. The molecule has 1 heterocycles. The molecule has 3 nitrogen and oxygen atoms in total. The van der Waals surface area contributed by atoms with E-state index >= 15 is 0 Å². The lowest BCUT2D eigenvalue weighted by Crippen LogP contribution is -2.02. The Hall–Kier alpha value is -2.26. The maximum atomic E-state index is 6.28. The Morgan fingerprint density at radius 2 is 1.73 bits per heavy atom. The maximum absolute atomic E-state index is 6.28. The Kier molecular flexibility index (Phi) is 12.8. The smallest absolute Gasteiger partial charge is 0.0640 e. The van der Waals surface area contributed by atoms with E-state index in [9.17, 15) is 0 Å². The van der Waals surface area contributed by atoms with Crippen molar-refractivity contribution in [1.29, 1.82) is 0 Å². The number of halogens is 1. The summed E-state index contributed by atoms with van der Waals surface area (Å²) in [6.07, 6.45) is 13.2. The second-order valence-corrected chi connectivity index (χ2v) is 5.20. The van der Waals surface area contributed by atoms with E-state index in [1.54, 1.807) is 25.6 Å². The predicted molar refractivity (Wildman–Crippen MR) is 116 cm³/mol. The minimum atomic E-state index is 0.615. The van der Waals surface area contributed by atoms with Crippen molar-refractivity contribution in [3.8, 4) is 0 Å². The van der Waals surface area contributed by atoms with Crippen LogP contribution in [0.15, 0.2) is 65.6 Å². The Morgan fingerprint density at radius 1 is 1.04 bits per heavy atom. The topological polar surface area (TPSA) is 38.1 Å². The summed E-state index contributed by atoms with van der Waals surface area (Å²) >= 11 is 6.28. The van der Waals surface area contributed by atoms with Gasteiger partial charge in [-0.3, -0.25) is 15.0 Å². The average Bonchev–Trinajstić information content (AvgIpc) is 2.69. The normalized spacial score (nSPS) is 15.2. The van der Waals surface area contributed by atoms with E-state index in [1.165, 1.54) is 0 Å². The van der Waals surface area contributed by atoms with Gasteiger partial charge in [-0.25, -0.2) is 0 Å². The lowest BCUT2D eigenvalue weighted by Gasteiger charge is -2.11. The molecular formula is C22H30ClN3. The molecule has 0 N–H and O–H groups in total. The van der Waals surface area contributed by atoms with Crippen LogP contribution >= 0.6 is 11.6 Å². The highest BCUT2D eigenvalue weighted by atomic mass is 35.5. The van der Waals surface area contributed by atoms with E-state index in [0.29, 0.717) is 5.02 Å². The van der Waals surface area contributed by atoms with E-state index in [1.807, 2.05) is 71.9 Å². The van der Waals surface area contributed by atoms with Crippen molar-refractivity contribution in [3.63, 3.8) is 0 Å². The van der Waals surface area contributed by atoms with Gasteiger partial charge in [0.25, 0.3) is 0 Å². The molecule has 0 amide bonds. The molecule has 2 rings (SSSR count). The van der Waals surface area contributed by atoms with E-state index < -0.39 is 0 Å². The SMILES string of the molecule is C/C=C1/C=C(c2cnccnc(C)cc(Cl)c2)C=CC1=NC.CC.CC. The summed E-state index contributed by atoms with van der Waals surface area (Å²) in [5, 5.41) is 0.615. The van der Waals surface area contributed by atoms with Gasteiger partial charge in [-0.05, 0) is 49.3 Å². The molecule has 0 radical (unpaired) electrons. The van der Waals surface area contributed by atoms with Gasteiger partial charge in [0.1, 0.15) is 0 Å². The van der Waals surface area contributed by atoms with Crippen molar-refractivity contribution in [3.05, 3.63) is 76.9 Å². The van der Waals surface area contributed by atoms with Gasteiger partial charge in [0.2, 0.25) is 0 Å². The second kappa shape index (κ2) is 14.0. The van der Waals surface area contributed by atoms with Gasteiger partial charge in [0, 0.05) is 41.9 Å². The minimum Gasteiger partial charge on any atom is -0.288 e. The Bertz CT molecular complexity index is 743. The molecule has 1 aliphatic rings. The molecule has 1 aromatic heterocycles. The van der Waals surface area contributed by atoms with Gasteiger partial charge in [-0.15, -0.1) is 0 Å². The van der Waals surface area contributed by atoms with Crippen LogP contribution in [0.5, 0.6) is 0 Å². The highest BCUT2D eigenvalue weighted by Gasteiger charge is 2.08. The Labute approximate surface area is 163 Å². The molecule has 0 spiro atoms. The molecule has 1 aromatic rings. The number of hydrogen-bond donors (Lipinski definition) is 0. The molecule has 0 fully saturated rings. The predicted octanol–water partition coefficient (Wildman–Crippen LogP) is 6.59. The Balaban J connectivity index is 0.00000146. The van der Waals surface area contributed by atoms with Crippen molar-refractivity contribution in [2.75, 3.05) is 7.05 Å². The number of hydrogen-bond acceptors (Lipinski definition) is 3. The van der Waals surface area contributed by atoms with Gasteiger partial charge in [-0.2, -0.15) is 0 Å². The van der Waals surface area contributed by atoms with E-state index in [-0.39, 0.29) is 0 Å². The first kappa shape index (κ1) is 23.7. The van der Waals surface area contributed by atoms with Crippen LogP contribution in [0.25, 0.3) is 5.57 Å². The highest BCUT2D eigenvalue weighted by molar-refractivity contribution is 6.30. The van der Waals surface area contributed by atoms with Crippen LogP contribution in [0.2, 0.25) is 5.02 Å².